The van der Waals surface area contributed by atoms with E-state index in [9.17, 15) is 9.59 Å². The maximum absolute atomic E-state index is 13.6. The SMILES string of the molecule is CC(C)c1ccc([C@H]2c3c(oc4ccc(Cl)cc4c3=O)C(=O)N2CCC[NH+]2CCOCC2)cc1. The van der Waals surface area contributed by atoms with Gasteiger partial charge in [-0.25, -0.2) is 0 Å². The number of benzene rings is 2. The molecule has 3 heterocycles. The Labute approximate surface area is 204 Å². The predicted octanol–water partition coefficient (Wildman–Crippen LogP) is 3.42. The highest BCUT2D eigenvalue weighted by molar-refractivity contribution is 6.31. The zero-order valence-electron chi connectivity index (χ0n) is 19.6. The van der Waals surface area contributed by atoms with Crippen molar-refractivity contribution in [1.29, 1.82) is 0 Å². The summed E-state index contributed by atoms with van der Waals surface area (Å²) in [6.07, 6.45) is 0.842. The van der Waals surface area contributed by atoms with Crippen LogP contribution in [0.2, 0.25) is 5.02 Å². The fourth-order valence-corrected chi connectivity index (χ4v) is 5.21. The number of ether oxygens (including phenoxy) is 1. The van der Waals surface area contributed by atoms with Gasteiger partial charge < -0.3 is 19.0 Å². The molecule has 1 N–H and O–H groups in total. The molecule has 7 heteroatoms. The number of rotatable bonds is 6. The lowest BCUT2D eigenvalue weighted by molar-refractivity contribution is -0.908. The molecule has 1 aromatic heterocycles. The second-order valence-corrected chi connectivity index (χ2v) is 9.94. The van der Waals surface area contributed by atoms with E-state index >= 15 is 0 Å². The second kappa shape index (κ2) is 9.53. The van der Waals surface area contributed by atoms with Crippen molar-refractivity contribution in [2.75, 3.05) is 39.4 Å². The first-order chi connectivity index (χ1) is 16.4. The number of nitrogens with one attached hydrogen (secondary N) is 1. The molecule has 2 aliphatic heterocycles. The fourth-order valence-electron chi connectivity index (χ4n) is 5.04. The van der Waals surface area contributed by atoms with Crippen molar-refractivity contribution in [3.8, 4) is 0 Å². The normalized spacial score (nSPS) is 18.8. The number of quaternary nitrogens is 1. The van der Waals surface area contributed by atoms with E-state index in [1.807, 2.05) is 12.1 Å². The van der Waals surface area contributed by atoms with E-state index < -0.39 is 6.04 Å². The molecule has 0 bridgehead atoms. The van der Waals surface area contributed by atoms with Gasteiger partial charge in [-0.3, -0.25) is 9.59 Å². The van der Waals surface area contributed by atoms with Gasteiger partial charge in [0.1, 0.15) is 18.7 Å². The van der Waals surface area contributed by atoms with Gasteiger partial charge in [0.05, 0.1) is 36.8 Å². The summed E-state index contributed by atoms with van der Waals surface area (Å²) in [6, 6.07) is 12.7. The fraction of sp³-hybridized carbons (Fsp3) is 0.407. The van der Waals surface area contributed by atoms with Crippen LogP contribution in [-0.2, 0) is 4.74 Å². The third-order valence-corrected chi connectivity index (χ3v) is 7.21. The zero-order chi connectivity index (χ0) is 23.8. The molecular weight excluding hydrogens is 452 g/mol. The van der Waals surface area contributed by atoms with Crippen LogP contribution in [0.15, 0.2) is 51.7 Å². The molecule has 34 heavy (non-hydrogen) atoms. The van der Waals surface area contributed by atoms with Crippen molar-refractivity contribution in [1.82, 2.24) is 4.90 Å². The van der Waals surface area contributed by atoms with Gasteiger partial charge in [-0.05, 0) is 35.2 Å². The lowest BCUT2D eigenvalue weighted by atomic mass is 9.95. The number of carbonyl (C=O) groups excluding carboxylic acids is 1. The summed E-state index contributed by atoms with van der Waals surface area (Å²) >= 11 is 6.17. The molecule has 1 saturated heterocycles. The molecule has 2 aromatic carbocycles. The number of amides is 1. The first-order valence-electron chi connectivity index (χ1n) is 12.0. The number of halogens is 1. The van der Waals surface area contributed by atoms with Gasteiger partial charge in [0.25, 0.3) is 5.91 Å². The van der Waals surface area contributed by atoms with Crippen LogP contribution < -0.4 is 10.3 Å². The van der Waals surface area contributed by atoms with Crippen LogP contribution in [-0.4, -0.2) is 50.2 Å². The number of nitrogens with zero attached hydrogens (tertiary/aromatic N) is 1. The molecule has 178 valence electrons. The predicted molar refractivity (Wildman–Crippen MR) is 132 cm³/mol. The van der Waals surface area contributed by atoms with E-state index in [1.165, 1.54) is 10.5 Å². The summed E-state index contributed by atoms with van der Waals surface area (Å²) in [4.78, 5) is 30.5. The number of morpholine rings is 1. The van der Waals surface area contributed by atoms with Crippen molar-refractivity contribution in [2.24, 2.45) is 0 Å². The van der Waals surface area contributed by atoms with Gasteiger partial charge in [0.15, 0.2) is 5.43 Å². The van der Waals surface area contributed by atoms with Crippen LogP contribution in [0.1, 0.15) is 59.5 Å². The first kappa shape index (κ1) is 23.1. The molecule has 1 atom stereocenters. The minimum atomic E-state index is -0.469. The highest BCUT2D eigenvalue weighted by atomic mass is 35.5. The standard InChI is InChI=1S/C27H29ClN2O4/c1-17(2)18-4-6-19(7-5-18)24-23-25(31)21-16-20(28)8-9-22(21)34-26(23)27(32)30(24)11-3-10-29-12-14-33-15-13-29/h4-9,16-17,24H,3,10-15H2,1-2H3/p+1/t24-/m0/s1. The first-order valence-corrected chi connectivity index (χ1v) is 12.4. The quantitative estimate of drug-likeness (QED) is 0.586. The van der Waals surface area contributed by atoms with Gasteiger partial charge in [0.2, 0.25) is 5.76 Å². The molecule has 6 nitrogen and oxygen atoms in total. The van der Waals surface area contributed by atoms with Gasteiger partial charge >= 0.3 is 0 Å². The van der Waals surface area contributed by atoms with Crippen LogP contribution >= 0.6 is 11.6 Å². The second-order valence-electron chi connectivity index (χ2n) is 9.50. The van der Waals surface area contributed by atoms with E-state index in [2.05, 4.69) is 26.0 Å². The Morgan fingerprint density at radius 2 is 1.82 bits per heavy atom. The topological polar surface area (TPSA) is 64.2 Å². The molecule has 0 aliphatic carbocycles. The van der Waals surface area contributed by atoms with Crippen molar-refractivity contribution >= 4 is 28.5 Å². The molecule has 1 fully saturated rings. The number of hydrogen-bond donors (Lipinski definition) is 1. The van der Waals surface area contributed by atoms with Crippen molar-refractivity contribution in [2.45, 2.75) is 32.2 Å². The Balaban J connectivity index is 1.53. The van der Waals surface area contributed by atoms with Crippen molar-refractivity contribution < 1.29 is 18.8 Å². The van der Waals surface area contributed by atoms with E-state index in [0.29, 0.717) is 34.0 Å². The van der Waals surface area contributed by atoms with Crippen LogP contribution in [0.5, 0.6) is 0 Å². The lowest BCUT2D eigenvalue weighted by Gasteiger charge is -2.27. The minimum Gasteiger partial charge on any atom is -0.450 e. The van der Waals surface area contributed by atoms with E-state index in [1.54, 1.807) is 23.1 Å². The van der Waals surface area contributed by atoms with Gasteiger partial charge in [0, 0.05) is 18.0 Å². The maximum Gasteiger partial charge on any atom is 0.290 e. The summed E-state index contributed by atoms with van der Waals surface area (Å²) in [6.45, 7) is 9.34. The maximum atomic E-state index is 13.6. The molecule has 0 radical (unpaired) electrons. The zero-order valence-corrected chi connectivity index (χ0v) is 20.4. The van der Waals surface area contributed by atoms with Gasteiger partial charge in [-0.15, -0.1) is 0 Å². The highest BCUT2D eigenvalue weighted by Crippen LogP contribution is 2.38. The lowest BCUT2D eigenvalue weighted by Crippen LogP contribution is -3.14. The average Bonchev–Trinajstić information content (AvgIpc) is 3.12. The van der Waals surface area contributed by atoms with Gasteiger partial charge in [-0.2, -0.15) is 0 Å². The number of carbonyl (C=O) groups is 1. The molecule has 0 spiro atoms. The molecule has 1 amide bonds. The molecule has 3 aromatic rings. The number of fused-ring (bicyclic) bond motifs is 2. The summed E-state index contributed by atoms with van der Waals surface area (Å²) in [5.74, 6) is 0.325. The smallest absolute Gasteiger partial charge is 0.290 e. The third kappa shape index (κ3) is 4.26. The minimum absolute atomic E-state index is 0.150. The van der Waals surface area contributed by atoms with Crippen LogP contribution in [0.3, 0.4) is 0 Å². The Morgan fingerprint density at radius 1 is 1.09 bits per heavy atom. The summed E-state index contributed by atoms with van der Waals surface area (Å²) in [7, 11) is 0. The van der Waals surface area contributed by atoms with E-state index in [-0.39, 0.29) is 17.1 Å². The molecule has 2 aliphatic rings. The monoisotopic (exact) mass is 481 g/mol. The van der Waals surface area contributed by atoms with Crippen molar-refractivity contribution in [3.05, 3.63) is 80.2 Å². The summed E-state index contributed by atoms with van der Waals surface area (Å²) < 4.78 is 11.5. The molecule has 0 saturated carbocycles. The summed E-state index contributed by atoms with van der Waals surface area (Å²) in [5.41, 5.74) is 2.74. The molecule has 5 rings (SSSR count). The largest absolute Gasteiger partial charge is 0.450 e. The Morgan fingerprint density at radius 3 is 2.53 bits per heavy atom. The third-order valence-electron chi connectivity index (χ3n) is 6.98. The van der Waals surface area contributed by atoms with Crippen LogP contribution in [0, 0.1) is 0 Å². The Hall–Kier alpha value is -2.67. The van der Waals surface area contributed by atoms with E-state index in [0.717, 1.165) is 44.8 Å². The van der Waals surface area contributed by atoms with Crippen LogP contribution in [0.4, 0.5) is 0 Å². The average molecular weight is 482 g/mol. The van der Waals surface area contributed by atoms with E-state index in [4.69, 9.17) is 20.8 Å². The van der Waals surface area contributed by atoms with Crippen LogP contribution in [0.25, 0.3) is 11.0 Å². The Kier molecular flexibility index (Phi) is 6.47. The summed E-state index contributed by atoms with van der Waals surface area (Å²) in [5, 5.41) is 0.870. The van der Waals surface area contributed by atoms with Gasteiger partial charge in [-0.1, -0.05) is 49.7 Å². The molecular formula is C27H30ClN2O4+. The highest BCUT2D eigenvalue weighted by Gasteiger charge is 2.42. The number of hydrogen-bond acceptors (Lipinski definition) is 4. The van der Waals surface area contributed by atoms with Crippen molar-refractivity contribution in [3.63, 3.8) is 0 Å². The molecule has 0 unspecified atom stereocenters. The Bertz CT molecular complexity index is 1260.